The first-order chi connectivity index (χ1) is 12.7. The molecule has 136 valence electrons. The average Bonchev–Trinajstić information content (AvgIpc) is 3.27. The van der Waals surface area contributed by atoms with Gasteiger partial charge in [0.25, 0.3) is 0 Å². The van der Waals surface area contributed by atoms with Crippen molar-refractivity contribution in [1.29, 1.82) is 0 Å². The molecule has 9 heteroatoms. The van der Waals surface area contributed by atoms with Crippen molar-refractivity contribution in [2.24, 2.45) is 0 Å². The van der Waals surface area contributed by atoms with Gasteiger partial charge in [0.1, 0.15) is 0 Å². The van der Waals surface area contributed by atoms with Gasteiger partial charge in [-0.25, -0.2) is 4.52 Å². The quantitative estimate of drug-likeness (QED) is 0.731. The third-order valence-corrected chi connectivity index (χ3v) is 4.36. The molecule has 9 nitrogen and oxygen atoms in total. The van der Waals surface area contributed by atoms with Gasteiger partial charge in [0.2, 0.25) is 11.9 Å². The monoisotopic (exact) mass is 355 g/mol. The van der Waals surface area contributed by atoms with Crippen molar-refractivity contribution in [3.8, 4) is 11.3 Å². The zero-order chi connectivity index (χ0) is 17.9. The van der Waals surface area contributed by atoms with Crippen molar-refractivity contribution in [1.82, 2.24) is 29.3 Å². The van der Waals surface area contributed by atoms with Crippen molar-refractivity contribution in [2.45, 2.75) is 13.5 Å². The number of rotatable bonds is 5. The zero-order valence-electron chi connectivity index (χ0n) is 14.6. The molecule has 26 heavy (non-hydrogen) atoms. The van der Waals surface area contributed by atoms with E-state index in [1.54, 1.807) is 10.7 Å². The number of aromatic nitrogens is 5. The smallest absolute Gasteiger partial charge is 0.249 e. The number of carbonyl (C=O) groups excluding carboxylic acids is 1. The number of aryl methyl sites for hydroxylation is 1. The van der Waals surface area contributed by atoms with E-state index < -0.39 is 0 Å². The fraction of sp³-hybridized carbons (Fsp3) is 0.412. The number of ether oxygens (including phenoxy) is 1. The summed E-state index contributed by atoms with van der Waals surface area (Å²) in [7, 11) is 0. The number of anilines is 1. The average molecular weight is 355 g/mol. The number of pyridine rings is 1. The Morgan fingerprint density at radius 1 is 1.27 bits per heavy atom. The van der Waals surface area contributed by atoms with Crippen LogP contribution in [0.1, 0.15) is 6.92 Å². The third kappa shape index (κ3) is 3.44. The normalized spacial score (nSPS) is 15.4. The van der Waals surface area contributed by atoms with Gasteiger partial charge in [-0.1, -0.05) is 0 Å². The Kier molecular flexibility index (Phi) is 4.63. The van der Waals surface area contributed by atoms with Gasteiger partial charge < -0.3 is 4.74 Å². The van der Waals surface area contributed by atoms with Gasteiger partial charge in [0.15, 0.2) is 5.65 Å². The molecule has 0 unspecified atom stereocenters. The van der Waals surface area contributed by atoms with Crippen LogP contribution >= 0.6 is 0 Å². The summed E-state index contributed by atoms with van der Waals surface area (Å²) in [4.78, 5) is 18.6. The van der Waals surface area contributed by atoms with Gasteiger partial charge in [0.05, 0.1) is 25.5 Å². The fourth-order valence-electron chi connectivity index (χ4n) is 3.04. The molecule has 1 fully saturated rings. The predicted octanol–water partition coefficient (Wildman–Crippen LogP) is 0.883. The van der Waals surface area contributed by atoms with Crippen LogP contribution in [-0.4, -0.2) is 68.0 Å². The minimum atomic E-state index is -0.118. The van der Waals surface area contributed by atoms with Crippen LogP contribution in [0.5, 0.6) is 0 Å². The molecule has 1 N–H and O–H groups in total. The zero-order valence-corrected chi connectivity index (χ0v) is 14.6. The number of carbonyl (C=O) groups is 1. The van der Waals surface area contributed by atoms with Crippen LogP contribution in [-0.2, 0) is 16.1 Å². The molecule has 1 aliphatic rings. The number of nitrogens with zero attached hydrogens (tertiary/aromatic N) is 6. The minimum Gasteiger partial charge on any atom is -0.379 e. The maximum Gasteiger partial charge on any atom is 0.249 e. The number of nitrogens with one attached hydrogen (secondary N) is 1. The fourth-order valence-corrected chi connectivity index (χ4v) is 3.04. The van der Waals surface area contributed by atoms with Crippen LogP contribution in [0.15, 0.2) is 30.6 Å². The van der Waals surface area contributed by atoms with E-state index in [0.29, 0.717) is 31.4 Å². The highest BCUT2D eigenvalue weighted by Gasteiger charge is 2.16. The van der Waals surface area contributed by atoms with Crippen LogP contribution in [0, 0.1) is 0 Å². The lowest BCUT2D eigenvalue weighted by molar-refractivity contribution is -0.118. The highest BCUT2D eigenvalue weighted by atomic mass is 16.5. The molecule has 4 heterocycles. The highest BCUT2D eigenvalue weighted by molar-refractivity contribution is 5.90. The summed E-state index contributed by atoms with van der Waals surface area (Å²) >= 11 is 0. The van der Waals surface area contributed by atoms with E-state index in [2.05, 4.69) is 25.4 Å². The van der Waals surface area contributed by atoms with Crippen molar-refractivity contribution < 1.29 is 9.53 Å². The van der Waals surface area contributed by atoms with Crippen LogP contribution in [0.2, 0.25) is 0 Å². The molecule has 1 amide bonds. The van der Waals surface area contributed by atoms with Gasteiger partial charge in [-0.15, -0.1) is 5.10 Å². The van der Waals surface area contributed by atoms with E-state index in [1.165, 1.54) is 0 Å². The van der Waals surface area contributed by atoms with E-state index >= 15 is 0 Å². The van der Waals surface area contributed by atoms with Crippen LogP contribution in [0.25, 0.3) is 16.9 Å². The molecule has 0 saturated carbocycles. The number of amides is 1. The molecule has 3 aromatic heterocycles. The Morgan fingerprint density at radius 3 is 2.92 bits per heavy atom. The Labute approximate surface area is 150 Å². The molecule has 0 bridgehead atoms. The van der Waals surface area contributed by atoms with E-state index in [4.69, 9.17) is 4.74 Å². The number of hydrogen-bond acceptors (Lipinski definition) is 6. The predicted molar refractivity (Wildman–Crippen MR) is 95.8 cm³/mol. The van der Waals surface area contributed by atoms with E-state index in [0.717, 1.165) is 30.9 Å². The summed E-state index contributed by atoms with van der Waals surface area (Å²) in [5, 5.41) is 11.4. The molecule has 0 atom stereocenters. The van der Waals surface area contributed by atoms with Crippen LogP contribution < -0.4 is 5.32 Å². The van der Waals surface area contributed by atoms with Gasteiger partial charge in [-0.2, -0.15) is 10.1 Å². The molecule has 0 aromatic carbocycles. The van der Waals surface area contributed by atoms with E-state index in [9.17, 15) is 4.79 Å². The van der Waals surface area contributed by atoms with Gasteiger partial charge in [0, 0.05) is 37.6 Å². The third-order valence-electron chi connectivity index (χ3n) is 4.36. The van der Waals surface area contributed by atoms with Crippen molar-refractivity contribution in [2.75, 3.05) is 38.2 Å². The molecule has 1 aliphatic heterocycles. The first kappa shape index (κ1) is 16.7. The lowest BCUT2D eigenvalue weighted by Crippen LogP contribution is -2.41. The Balaban J connectivity index is 1.49. The maximum absolute atomic E-state index is 12.2. The Morgan fingerprint density at radius 2 is 2.12 bits per heavy atom. The second kappa shape index (κ2) is 7.22. The van der Waals surface area contributed by atoms with Gasteiger partial charge >= 0.3 is 0 Å². The summed E-state index contributed by atoms with van der Waals surface area (Å²) in [5.74, 6) is 0.191. The first-order valence-corrected chi connectivity index (χ1v) is 8.71. The maximum atomic E-state index is 12.2. The topological polar surface area (TPSA) is 89.6 Å². The lowest BCUT2D eigenvalue weighted by atomic mass is 10.2. The molecule has 3 aromatic rings. The molecule has 4 rings (SSSR count). The first-order valence-electron chi connectivity index (χ1n) is 8.71. The van der Waals surface area contributed by atoms with Crippen molar-refractivity contribution in [3.63, 3.8) is 0 Å². The van der Waals surface area contributed by atoms with Crippen LogP contribution in [0.3, 0.4) is 0 Å². The second-order valence-electron chi connectivity index (χ2n) is 6.12. The standard InChI is InChI=1S/C17H21N7O2/c1-2-23-14(5-6-18-23)13-3-4-15-19-17(21-24(15)11-13)20-16(25)12-22-7-9-26-10-8-22/h3-6,11H,2,7-10,12H2,1H3,(H,20,21,25). The molecule has 0 radical (unpaired) electrons. The van der Waals surface area contributed by atoms with E-state index in [1.807, 2.05) is 36.0 Å². The molecular weight excluding hydrogens is 334 g/mol. The van der Waals surface area contributed by atoms with Crippen molar-refractivity contribution >= 4 is 17.5 Å². The minimum absolute atomic E-state index is 0.118. The summed E-state index contributed by atoms with van der Waals surface area (Å²) in [6.07, 6.45) is 3.67. The molecule has 0 aliphatic carbocycles. The van der Waals surface area contributed by atoms with Crippen molar-refractivity contribution in [3.05, 3.63) is 30.6 Å². The SMILES string of the molecule is CCn1nccc1-c1ccc2nc(NC(=O)CN3CCOCC3)nn2c1. The lowest BCUT2D eigenvalue weighted by Gasteiger charge is -2.25. The Bertz CT molecular complexity index is 911. The van der Waals surface area contributed by atoms with Crippen LogP contribution in [0.4, 0.5) is 5.95 Å². The van der Waals surface area contributed by atoms with Gasteiger partial charge in [-0.3, -0.25) is 19.7 Å². The summed E-state index contributed by atoms with van der Waals surface area (Å²) < 4.78 is 8.88. The summed E-state index contributed by atoms with van der Waals surface area (Å²) in [5.41, 5.74) is 2.69. The number of hydrogen-bond donors (Lipinski definition) is 1. The number of fused-ring (bicyclic) bond motifs is 1. The number of morpholine rings is 1. The highest BCUT2D eigenvalue weighted by Crippen LogP contribution is 2.19. The van der Waals surface area contributed by atoms with E-state index in [-0.39, 0.29) is 5.91 Å². The molecule has 0 spiro atoms. The van der Waals surface area contributed by atoms with Gasteiger partial charge in [-0.05, 0) is 25.1 Å². The second-order valence-corrected chi connectivity index (χ2v) is 6.12. The molecular formula is C17H21N7O2. The summed E-state index contributed by atoms with van der Waals surface area (Å²) in [6.45, 7) is 6.02. The summed E-state index contributed by atoms with van der Waals surface area (Å²) in [6, 6.07) is 5.83. The Hall–Kier alpha value is -2.78. The molecule has 1 saturated heterocycles. The largest absolute Gasteiger partial charge is 0.379 e.